The lowest BCUT2D eigenvalue weighted by Crippen LogP contribution is -2.03. The molecule has 1 heterocycles. The van der Waals surface area contributed by atoms with E-state index in [0.717, 1.165) is 22.6 Å². The highest BCUT2D eigenvalue weighted by molar-refractivity contribution is 5.45. The molecule has 0 aliphatic carbocycles. The topological polar surface area (TPSA) is 53.1 Å². The molecular weight excluding hydrogens is 238 g/mol. The van der Waals surface area contributed by atoms with Crippen LogP contribution in [-0.4, -0.2) is 23.4 Å². The summed E-state index contributed by atoms with van der Waals surface area (Å²) in [5, 5.41) is 4.39. The van der Waals surface area contributed by atoms with E-state index in [0.29, 0.717) is 13.1 Å². The fraction of sp³-hybridized carbons (Fsp3) is 0.267. The summed E-state index contributed by atoms with van der Waals surface area (Å²) < 4.78 is 7.14. The Labute approximate surface area is 113 Å². The number of methoxy groups -OCH3 is 1. The molecule has 2 aromatic rings. The van der Waals surface area contributed by atoms with E-state index >= 15 is 0 Å². The second kappa shape index (κ2) is 6.07. The van der Waals surface area contributed by atoms with Crippen LogP contribution in [0.3, 0.4) is 0 Å². The van der Waals surface area contributed by atoms with Crippen LogP contribution in [-0.2, 0) is 6.54 Å². The monoisotopic (exact) mass is 255 g/mol. The largest absolute Gasteiger partial charge is 0.497 e. The number of nitrogens with two attached hydrogens (primary N) is 1. The number of hydrogen-bond acceptors (Lipinski definition) is 3. The van der Waals surface area contributed by atoms with Crippen LogP contribution in [0.2, 0.25) is 0 Å². The first-order valence-corrected chi connectivity index (χ1v) is 6.09. The third kappa shape index (κ3) is 3.36. The highest BCUT2D eigenvalue weighted by atomic mass is 16.5. The van der Waals surface area contributed by atoms with E-state index in [9.17, 15) is 0 Å². The van der Waals surface area contributed by atoms with Gasteiger partial charge in [-0.25, -0.2) is 0 Å². The quantitative estimate of drug-likeness (QED) is 0.847. The minimum absolute atomic E-state index is 0.354. The Morgan fingerprint density at radius 1 is 1.37 bits per heavy atom. The molecule has 0 amide bonds. The Morgan fingerprint density at radius 3 is 2.84 bits per heavy atom. The minimum Gasteiger partial charge on any atom is -0.497 e. The molecule has 2 N–H and O–H groups in total. The van der Waals surface area contributed by atoms with Crippen molar-refractivity contribution in [3.05, 3.63) is 47.3 Å². The van der Waals surface area contributed by atoms with Crippen molar-refractivity contribution in [1.29, 1.82) is 0 Å². The molecule has 0 fully saturated rings. The average molecular weight is 255 g/mol. The molecule has 0 saturated carbocycles. The number of aryl methyl sites for hydroxylation is 1. The summed E-state index contributed by atoms with van der Waals surface area (Å²) in [5.74, 6) is 6.78. The lowest BCUT2D eigenvalue weighted by molar-refractivity contribution is 0.414. The molecule has 0 saturated heterocycles. The Kier molecular flexibility index (Phi) is 4.22. The van der Waals surface area contributed by atoms with E-state index in [2.05, 4.69) is 16.9 Å². The highest BCUT2D eigenvalue weighted by Crippen LogP contribution is 2.18. The van der Waals surface area contributed by atoms with Gasteiger partial charge in [-0.05, 0) is 36.8 Å². The zero-order chi connectivity index (χ0) is 13.7. The first-order valence-electron chi connectivity index (χ1n) is 6.09. The summed E-state index contributed by atoms with van der Waals surface area (Å²) in [5.41, 5.74) is 8.45. The zero-order valence-electron chi connectivity index (χ0n) is 11.2. The highest BCUT2D eigenvalue weighted by Gasteiger charge is 2.04. The molecule has 1 aromatic heterocycles. The standard InChI is InChI=1S/C15H17N3O/c1-12-7-9-18(17-12)11-14-10-15(19-2)6-5-13(14)4-3-8-16/h5-7,9-10H,8,11,16H2,1-2H3. The van der Waals surface area contributed by atoms with Gasteiger partial charge in [0.05, 0.1) is 25.9 Å². The third-order valence-corrected chi connectivity index (χ3v) is 2.74. The molecule has 2 rings (SSSR count). The molecule has 1 aromatic carbocycles. The SMILES string of the molecule is COc1ccc(C#CCN)c(Cn2ccc(C)n2)c1. The molecule has 0 aliphatic heterocycles. The van der Waals surface area contributed by atoms with Crippen molar-refractivity contribution in [1.82, 2.24) is 9.78 Å². The number of benzene rings is 1. The first kappa shape index (κ1) is 13.2. The maximum atomic E-state index is 5.42. The lowest BCUT2D eigenvalue weighted by atomic mass is 10.1. The summed E-state index contributed by atoms with van der Waals surface area (Å²) >= 11 is 0. The summed E-state index contributed by atoms with van der Waals surface area (Å²) in [6, 6.07) is 7.81. The second-order valence-corrected chi connectivity index (χ2v) is 4.18. The van der Waals surface area contributed by atoms with Gasteiger partial charge in [0.15, 0.2) is 0 Å². The predicted octanol–water partition coefficient (Wildman–Crippen LogP) is 1.56. The molecular formula is C15H17N3O. The van der Waals surface area contributed by atoms with Gasteiger partial charge < -0.3 is 10.5 Å². The smallest absolute Gasteiger partial charge is 0.119 e. The van der Waals surface area contributed by atoms with Crippen LogP contribution >= 0.6 is 0 Å². The Balaban J connectivity index is 2.34. The number of rotatable bonds is 3. The van der Waals surface area contributed by atoms with Crippen LogP contribution < -0.4 is 10.5 Å². The van der Waals surface area contributed by atoms with Gasteiger partial charge in [0.25, 0.3) is 0 Å². The van der Waals surface area contributed by atoms with Crippen molar-refractivity contribution >= 4 is 0 Å². The van der Waals surface area contributed by atoms with Crippen LogP contribution in [0.15, 0.2) is 30.5 Å². The minimum atomic E-state index is 0.354. The van der Waals surface area contributed by atoms with Crippen molar-refractivity contribution < 1.29 is 4.74 Å². The van der Waals surface area contributed by atoms with Crippen LogP contribution in [0.5, 0.6) is 5.75 Å². The van der Waals surface area contributed by atoms with Gasteiger partial charge in [-0.15, -0.1) is 0 Å². The van der Waals surface area contributed by atoms with Crippen molar-refractivity contribution in [2.75, 3.05) is 13.7 Å². The molecule has 0 atom stereocenters. The van der Waals surface area contributed by atoms with Crippen LogP contribution in [0.1, 0.15) is 16.8 Å². The van der Waals surface area contributed by atoms with Crippen molar-refractivity contribution in [3.8, 4) is 17.6 Å². The van der Waals surface area contributed by atoms with Crippen molar-refractivity contribution in [3.63, 3.8) is 0 Å². The van der Waals surface area contributed by atoms with Crippen LogP contribution in [0.4, 0.5) is 0 Å². The van der Waals surface area contributed by atoms with Crippen molar-refractivity contribution in [2.45, 2.75) is 13.5 Å². The Morgan fingerprint density at radius 2 is 2.21 bits per heavy atom. The molecule has 4 heteroatoms. The van der Waals surface area contributed by atoms with E-state index in [1.54, 1.807) is 7.11 Å². The Hall–Kier alpha value is -2.25. The third-order valence-electron chi connectivity index (χ3n) is 2.74. The van der Waals surface area contributed by atoms with E-state index in [1.165, 1.54) is 0 Å². The van der Waals surface area contributed by atoms with Gasteiger partial charge in [0, 0.05) is 11.8 Å². The number of nitrogens with zero attached hydrogens (tertiary/aromatic N) is 2. The molecule has 0 unspecified atom stereocenters. The van der Waals surface area contributed by atoms with Gasteiger partial charge >= 0.3 is 0 Å². The summed E-state index contributed by atoms with van der Waals surface area (Å²) in [7, 11) is 1.66. The van der Waals surface area contributed by atoms with Crippen LogP contribution in [0, 0.1) is 18.8 Å². The maximum absolute atomic E-state index is 5.42. The fourth-order valence-electron chi connectivity index (χ4n) is 1.82. The van der Waals surface area contributed by atoms with E-state index in [1.807, 2.05) is 42.1 Å². The van der Waals surface area contributed by atoms with E-state index < -0.39 is 0 Å². The molecule has 0 radical (unpaired) electrons. The molecule has 0 aliphatic rings. The van der Waals surface area contributed by atoms with Gasteiger partial charge in [-0.2, -0.15) is 5.10 Å². The summed E-state index contributed by atoms with van der Waals surface area (Å²) in [6.07, 6.45) is 1.95. The van der Waals surface area contributed by atoms with Gasteiger partial charge in [0.1, 0.15) is 5.75 Å². The predicted molar refractivity (Wildman–Crippen MR) is 75.0 cm³/mol. The molecule has 19 heavy (non-hydrogen) atoms. The Bertz CT molecular complexity index is 620. The van der Waals surface area contributed by atoms with Gasteiger partial charge in [0.2, 0.25) is 0 Å². The second-order valence-electron chi connectivity index (χ2n) is 4.18. The van der Waals surface area contributed by atoms with Crippen molar-refractivity contribution in [2.24, 2.45) is 5.73 Å². The average Bonchev–Trinajstić information content (AvgIpc) is 2.82. The first-order chi connectivity index (χ1) is 9.22. The zero-order valence-corrected chi connectivity index (χ0v) is 11.2. The van der Waals surface area contributed by atoms with E-state index in [-0.39, 0.29) is 0 Å². The number of ether oxygens (including phenoxy) is 1. The molecule has 98 valence electrons. The summed E-state index contributed by atoms with van der Waals surface area (Å²) in [4.78, 5) is 0. The van der Waals surface area contributed by atoms with Gasteiger partial charge in [-0.3, -0.25) is 4.68 Å². The number of hydrogen-bond donors (Lipinski definition) is 1. The maximum Gasteiger partial charge on any atom is 0.119 e. The number of aromatic nitrogens is 2. The molecule has 0 spiro atoms. The summed E-state index contributed by atoms with van der Waals surface area (Å²) in [6.45, 7) is 2.99. The fourth-order valence-corrected chi connectivity index (χ4v) is 1.82. The lowest BCUT2D eigenvalue weighted by Gasteiger charge is -2.08. The van der Waals surface area contributed by atoms with Crippen LogP contribution in [0.25, 0.3) is 0 Å². The molecule has 4 nitrogen and oxygen atoms in total. The van der Waals surface area contributed by atoms with E-state index in [4.69, 9.17) is 10.5 Å². The molecule has 0 bridgehead atoms. The van der Waals surface area contributed by atoms with Gasteiger partial charge in [-0.1, -0.05) is 11.8 Å². The normalized spacial score (nSPS) is 9.84.